The highest BCUT2D eigenvalue weighted by molar-refractivity contribution is 5.80. The minimum atomic E-state index is -0.605. The lowest BCUT2D eigenvalue weighted by molar-refractivity contribution is -0.136. The summed E-state index contributed by atoms with van der Waals surface area (Å²) in [4.78, 5) is 44.3. The van der Waals surface area contributed by atoms with Gasteiger partial charge in [-0.15, -0.1) is 0 Å². The van der Waals surface area contributed by atoms with Crippen molar-refractivity contribution in [2.75, 3.05) is 32.7 Å². The van der Waals surface area contributed by atoms with Crippen LogP contribution in [-0.2, 0) is 9.53 Å². The summed E-state index contributed by atoms with van der Waals surface area (Å²) in [6, 6.07) is 10.9. The number of halogens is 2. The molecule has 2 atom stereocenters. The molecule has 2 saturated heterocycles. The van der Waals surface area contributed by atoms with E-state index in [0.717, 1.165) is 5.56 Å². The SMILES string of the molecule is CCN(C(=O)Oc1ccc(F)cc1)[C@@H]1CN(C(=O)C2CCN(C(=O)OC(C)(C)C)CC2)C[C@H]1c1ccc(F)cc1. The predicted octanol–water partition coefficient (Wildman–Crippen LogP) is 5.43. The number of rotatable bonds is 5. The first-order chi connectivity index (χ1) is 18.9. The van der Waals surface area contributed by atoms with Gasteiger partial charge in [0, 0.05) is 44.6 Å². The molecule has 4 rings (SSSR count). The summed E-state index contributed by atoms with van der Waals surface area (Å²) in [6.45, 7) is 9.10. The first kappa shape index (κ1) is 29.3. The van der Waals surface area contributed by atoms with Crippen molar-refractivity contribution in [2.45, 2.75) is 58.1 Å². The van der Waals surface area contributed by atoms with Gasteiger partial charge in [-0.3, -0.25) is 4.79 Å². The van der Waals surface area contributed by atoms with Crippen molar-refractivity contribution >= 4 is 18.1 Å². The Morgan fingerprint density at radius 2 is 1.48 bits per heavy atom. The highest BCUT2D eigenvalue weighted by Gasteiger charge is 2.43. The van der Waals surface area contributed by atoms with Crippen LogP contribution in [0.5, 0.6) is 5.75 Å². The van der Waals surface area contributed by atoms with E-state index in [1.807, 2.05) is 27.7 Å². The molecule has 40 heavy (non-hydrogen) atoms. The summed E-state index contributed by atoms with van der Waals surface area (Å²) in [6.07, 6.45) is 0.0511. The number of likely N-dealkylation sites (tertiary alicyclic amines) is 2. The summed E-state index contributed by atoms with van der Waals surface area (Å²) >= 11 is 0. The van der Waals surface area contributed by atoms with Gasteiger partial charge in [0.25, 0.3) is 0 Å². The molecule has 2 aromatic carbocycles. The molecule has 10 heteroatoms. The number of hydrogen-bond donors (Lipinski definition) is 0. The number of hydrogen-bond acceptors (Lipinski definition) is 5. The molecular formula is C30H37F2N3O5. The summed E-state index contributed by atoms with van der Waals surface area (Å²) < 4.78 is 38.0. The van der Waals surface area contributed by atoms with E-state index in [9.17, 15) is 23.2 Å². The Kier molecular flexibility index (Phi) is 8.95. The Hall–Kier alpha value is -3.69. The summed E-state index contributed by atoms with van der Waals surface area (Å²) in [5.41, 5.74) is 0.224. The molecule has 0 saturated carbocycles. The zero-order valence-electron chi connectivity index (χ0n) is 23.4. The van der Waals surface area contributed by atoms with Gasteiger partial charge in [0.1, 0.15) is 23.0 Å². The van der Waals surface area contributed by atoms with Crippen LogP contribution in [0.2, 0.25) is 0 Å². The van der Waals surface area contributed by atoms with Crippen LogP contribution >= 0.6 is 0 Å². The Bertz CT molecular complexity index is 1190. The lowest BCUT2D eigenvalue weighted by Crippen LogP contribution is -2.47. The highest BCUT2D eigenvalue weighted by Crippen LogP contribution is 2.34. The molecule has 0 aliphatic carbocycles. The van der Waals surface area contributed by atoms with E-state index in [-0.39, 0.29) is 35.4 Å². The quantitative estimate of drug-likeness (QED) is 0.490. The average molecular weight is 558 g/mol. The second-order valence-electron chi connectivity index (χ2n) is 11.3. The molecule has 0 N–H and O–H groups in total. The molecule has 2 fully saturated rings. The molecule has 2 heterocycles. The van der Waals surface area contributed by atoms with Crippen molar-refractivity contribution in [3.63, 3.8) is 0 Å². The first-order valence-corrected chi connectivity index (χ1v) is 13.7. The highest BCUT2D eigenvalue weighted by atomic mass is 19.1. The Balaban J connectivity index is 1.48. The Morgan fingerprint density at radius 1 is 0.900 bits per heavy atom. The van der Waals surface area contributed by atoms with E-state index in [1.165, 1.54) is 36.4 Å². The van der Waals surface area contributed by atoms with Crippen LogP contribution in [0.1, 0.15) is 52.0 Å². The number of likely N-dealkylation sites (N-methyl/N-ethyl adjacent to an activating group) is 1. The largest absolute Gasteiger partial charge is 0.444 e. The molecule has 3 amide bonds. The summed E-state index contributed by atoms with van der Waals surface area (Å²) in [5.74, 6) is -1.14. The van der Waals surface area contributed by atoms with Crippen molar-refractivity contribution < 1.29 is 32.6 Å². The monoisotopic (exact) mass is 557 g/mol. The van der Waals surface area contributed by atoms with Crippen molar-refractivity contribution in [1.29, 1.82) is 0 Å². The molecule has 0 bridgehead atoms. The number of piperidine rings is 1. The second-order valence-corrected chi connectivity index (χ2v) is 11.3. The van der Waals surface area contributed by atoms with Gasteiger partial charge in [-0.25, -0.2) is 18.4 Å². The number of ether oxygens (including phenoxy) is 2. The average Bonchev–Trinajstić information content (AvgIpc) is 3.34. The fourth-order valence-electron chi connectivity index (χ4n) is 5.37. The molecule has 0 aromatic heterocycles. The Labute approximate surface area is 233 Å². The van der Waals surface area contributed by atoms with Crippen LogP contribution in [-0.4, -0.2) is 77.2 Å². The van der Waals surface area contributed by atoms with E-state index in [0.29, 0.717) is 45.6 Å². The standard InChI is InChI=1S/C30H37F2N3O5/c1-5-35(29(38)39-24-12-10-23(32)11-13-24)26-19-34(18-25(26)20-6-8-22(31)9-7-20)27(36)21-14-16-33(17-15-21)28(37)40-30(2,3)4/h6-13,21,25-26H,5,14-19H2,1-4H3/t25-,26+/m0/s1. The maximum Gasteiger partial charge on any atom is 0.415 e. The van der Waals surface area contributed by atoms with Crippen molar-refractivity contribution in [1.82, 2.24) is 14.7 Å². The van der Waals surface area contributed by atoms with Crippen LogP contribution in [0, 0.1) is 17.6 Å². The number of benzene rings is 2. The van der Waals surface area contributed by atoms with Gasteiger partial charge in [-0.1, -0.05) is 12.1 Å². The van der Waals surface area contributed by atoms with Crippen molar-refractivity contribution in [3.8, 4) is 5.75 Å². The molecule has 216 valence electrons. The lowest BCUT2D eigenvalue weighted by atomic mass is 9.93. The zero-order valence-corrected chi connectivity index (χ0v) is 23.4. The third-order valence-electron chi connectivity index (χ3n) is 7.39. The fourth-order valence-corrected chi connectivity index (χ4v) is 5.37. The Morgan fingerprint density at radius 3 is 2.02 bits per heavy atom. The van der Waals surface area contributed by atoms with E-state index >= 15 is 0 Å². The number of amides is 3. The molecule has 2 aliphatic heterocycles. The van der Waals surface area contributed by atoms with Gasteiger partial charge >= 0.3 is 12.2 Å². The van der Waals surface area contributed by atoms with Crippen LogP contribution in [0.25, 0.3) is 0 Å². The van der Waals surface area contributed by atoms with E-state index in [1.54, 1.807) is 26.8 Å². The minimum absolute atomic E-state index is 0.0265. The van der Waals surface area contributed by atoms with Gasteiger partial charge in [-0.05, 0) is 82.5 Å². The van der Waals surface area contributed by atoms with Crippen LogP contribution in [0.3, 0.4) is 0 Å². The topological polar surface area (TPSA) is 79.4 Å². The maximum atomic E-state index is 13.7. The van der Waals surface area contributed by atoms with Gasteiger partial charge in [0.2, 0.25) is 5.91 Å². The first-order valence-electron chi connectivity index (χ1n) is 13.7. The number of carbonyl (C=O) groups excluding carboxylic acids is 3. The van der Waals surface area contributed by atoms with Gasteiger partial charge < -0.3 is 24.2 Å². The van der Waals surface area contributed by atoms with Crippen LogP contribution < -0.4 is 4.74 Å². The van der Waals surface area contributed by atoms with E-state index in [2.05, 4.69) is 0 Å². The number of nitrogens with zero attached hydrogens (tertiary/aromatic N) is 3. The molecule has 8 nitrogen and oxygen atoms in total. The maximum absolute atomic E-state index is 13.7. The molecule has 2 aromatic rings. The molecule has 0 spiro atoms. The normalized spacial score (nSPS) is 19.9. The van der Waals surface area contributed by atoms with Crippen molar-refractivity contribution in [2.24, 2.45) is 5.92 Å². The second kappa shape index (κ2) is 12.2. The predicted molar refractivity (Wildman–Crippen MR) is 145 cm³/mol. The number of carbonyl (C=O) groups is 3. The van der Waals surface area contributed by atoms with E-state index in [4.69, 9.17) is 9.47 Å². The van der Waals surface area contributed by atoms with Gasteiger partial charge in [0.15, 0.2) is 0 Å². The minimum Gasteiger partial charge on any atom is -0.444 e. The van der Waals surface area contributed by atoms with E-state index < -0.39 is 23.6 Å². The fraction of sp³-hybridized carbons (Fsp3) is 0.500. The smallest absolute Gasteiger partial charge is 0.415 e. The van der Waals surface area contributed by atoms with Crippen LogP contribution in [0.15, 0.2) is 48.5 Å². The lowest BCUT2D eigenvalue weighted by Gasteiger charge is -2.34. The molecule has 0 radical (unpaired) electrons. The third-order valence-corrected chi connectivity index (χ3v) is 7.39. The molecular weight excluding hydrogens is 520 g/mol. The summed E-state index contributed by atoms with van der Waals surface area (Å²) in [7, 11) is 0. The van der Waals surface area contributed by atoms with Gasteiger partial charge in [0.05, 0.1) is 6.04 Å². The molecule has 2 aliphatic rings. The van der Waals surface area contributed by atoms with Crippen LogP contribution in [0.4, 0.5) is 18.4 Å². The summed E-state index contributed by atoms with van der Waals surface area (Å²) in [5, 5.41) is 0. The van der Waals surface area contributed by atoms with Gasteiger partial charge in [-0.2, -0.15) is 0 Å². The third kappa shape index (κ3) is 7.08. The van der Waals surface area contributed by atoms with Crippen molar-refractivity contribution in [3.05, 3.63) is 65.7 Å². The zero-order chi connectivity index (χ0) is 29.0. The molecule has 0 unspecified atom stereocenters.